The Balaban J connectivity index is 2.12. The van der Waals surface area contributed by atoms with E-state index in [1.807, 2.05) is 0 Å². The van der Waals surface area contributed by atoms with Gasteiger partial charge in [0.25, 0.3) is 0 Å². The number of amides is 1. The van der Waals surface area contributed by atoms with Crippen LogP contribution in [0.3, 0.4) is 0 Å². The molecule has 1 aliphatic heterocycles. The van der Waals surface area contributed by atoms with Crippen LogP contribution in [-0.4, -0.2) is 36.6 Å². The lowest BCUT2D eigenvalue weighted by atomic mass is 10.1. The third kappa shape index (κ3) is 3.36. The molecule has 0 radical (unpaired) electrons. The van der Waals surface area contributed by atoms with E-state index in [0.717, 1.165) is 3.57 Å². The van der Waals surface area contributed by atoms with E-state index in [2.05, 4.69) is 32.6 Å². The van der Waals surface area contributed by atoms with Gasteiger partial charge in [0.2, 0.25) is 21.9 Å². The first-order valence-corrected chi connectivity index (χ1v) is 7.93. The third-order valence-electron chi connectivity index (χ3n) is 2.52. The van der Waals surface area contributed by atoms with Gasteiger partial charge in [0.05, 0.1) is 5.75 Å². The molecule has 1 fully saturated rings. The molecule has 1 saturated heterocycles. The lowest BCUT2D eigenvalue weighted by Crippen LogP contribution is -2.28. The summed E-state index contributed by atoms with van der Waals surface area (Å²) in [5.74, 6) is -0.364. The average Bonchev–Trinajstić information content (AvgIpc) is 2.58. The predicted octanol–water partition coefficient (Wildman–Crippen LogP) is -0.277. The number of hydrogen-bond donors (Lipinski definition) is 1. The van der Waals surface area contributed by atoms with E-state index in [-0.39, 0.29) is 30.5 Å². The van der Waals surface area contributed by atoms with Crippen molar-refractivity contribution in [3.8, 4) is 0 Å². The number of nitrogens with two attached hydrogens (primary N) is 1. The summed E-state index contributed by atoms with van der Waals surface area (Å²) in [6, 6.07) is 0. The van der Waals surface area contributed by atoms with E-state index in [4.69, 9.17) is 5.14 Å². The Morgan fingerprint density at radius 1 is 1.44 bits per heavy atom. The van der Waals surface area contributed by atoms with Gasteiger partial charge >= 0.3 is 0 Å². The van der Waals surface area contributed by atoms with E-state index in [9.17, 15) is 13.2 Å². The molecule has 0 bridgehead atoms. The molecule has 0 aromatic carbocycles. The molecule has 1 aromatic rings. The van der Waals surface area contributed by atoms with Crippen LogP contribution in [0, 0.1) is 9.49 Å². The molecule has 2 rings (SSSR count). The fourth-order valence-corrected chi connectivity index (χ4v) is 3.02. The highest BCUT2D eigenvalue weighted by Crippen LogP contribution is 2.22. The Labute approximate surface area is 118 Å². The Bertz CT molecular complexity index is 560. The van der Waals surface area contributed by atoms with Crippen LogP contribution in [0.15, 0.2) is 12.4 Å². The van der Waals surface area contributed by atoms with Crippen LogP contribution in [-0.2, 0) is 14.8 Å². The van der Waals surface area contributed by atoms with Gasteiger partial charge in [-0.05, 0) is 22.6 Å². The zero-order valence-electron chi connectivity index (χ0n) is 9.28. The lowest BCUT2D eigenvalue weighted by Gasteiger charge is -2.13. The number of carbonyl (C=O) groups excluding carboxylic acids is 1. The van der Waals surface area contributed by atoms with Crippen molar-refractivity contribution in [2.45, 2.75) is 6.42 Å². The molecule has 9 heteroatoms. The quantitative estimate of drug-likeness (QED) is 0.724. The van der Waals surface area contributed by atoms with Gasteiger partial charge in [0, 0.05) is 34.8 Å². The maximum absolute atomic E-state index is 11.8. The molecule has 0 saturated carbocycles. The fourth-order valence-electron chi connectivity index (χ4n) is 1.86. The largest absolute Gasteiger partial charge is 0.280 e. The second-order valence-electron chi connectivity index (χ2n) is 4.11. The highest BCUT2D eigenvalue weighted by atomic mass is 127. The minimum absolute atomic E-state index is 0.159. The molecule has 2 N–H and O–H groups in total. The van der Waals surface area contributed by atoms with Gasteiger partial charge in [0.15, 0.2) is 0 Å². The Morgan fingerprint density at radius 3 is 2.61 bits per heavy atom. The van der Waals surface area contributed by atoms with Gasteiger partial charge in [-0.3, -0.25) is 9.69 Å². The molecule has 1 atom stereocenters. The van der Waals surface area contributed by atoms with Gasteiger partial charge < -0.3 is 0 Å². The molecule has 18 heavy (non-hydrogen) atoms. The molecule has 1 amide bonds. The van der Waals surface area contributed by atoms with Crippen molar-refractivity contribution < 1.29 is 13.2 Å². The van der Waals surface area contributed by atoms with Crippen molar-refractivity contribution in [3.05, 3.63) is 16.0 Å². The molecule has 0 aliphatic carbocycles. The first-order chi connectivity index (χ1) is 8.35. The van der Waals surface area contributed by atoms with E-state index < -0.39 is 10.0 Å². The number of aromatic nitrogens is 2. The van der Waals surface area contributed by atoms with Gasteiger partial charge in [-0.1, -0.05) is 0 Å². The summed E-state index contributed by atoms with van der Waals surface area (Å²) in [6.07, 6.45) is 3.36. The summed E-state index contributed by atoms with van der Waals surface area (Å²) in [7, 11) is -3.56. The Hall–Kier alpha value is -0.810. The second-order valence-corrected chi connectivity index (χ2v) is 7.01. The molecule has 7 nitrogen and oxygen atoms in total. The van der Waals surface area contributed by atoms with Crippen LogP contribution in [0.2, 0.25) is 0 Å². The number of sulfonamides is 1. The average molecular weight is 382 g/mol. The monoisotopic (exact) mass is 382 g/mol. The summed E-state index contributed by atoms with van der Waals surface area (Å²) in [5.41, 5.74) is 0. The topological polar surface area (TPSA) is 106 Å². The molecule has 1 aromatic heterocycles. The normalized spacial score (nSPS) is 20.4. The molecule has 1 unspecified atom stereocenters. The first-order valence-electron chi connectivity index (χ1n) is 5.13. The Morgan fingerprint density at radius 2 is 2.06 bits per heavy atom. The summed E-state index contributed by atoms with van der Waals surface area (Å²) in [5, 5.41) is 4.97. The number of rotatable bonds is 3. The number of primary sulfonamides is 1. The van der Waals surface area contributed by atoms with Crippen molar-refractivity contribution in [2.24, 2.45) is 11.1 Å². The fraction of sp³-hybridized carbons (Fsp3) is 0.444. The standard InChI is InChI=1S/C9H11IN4O3S/c10-7-2-12-9(13-3-7)14-4-6(1-8(14)15)5-18(11,16)17/h2-3,6H,1,4-5H2,(H2,11,16,17). The predicted molar refractivity (Wildman–Crippen MR) is 73.2 cm³/mol. The van der Waals surface area contributed by atoms with Gasteiger partial charge in [0.1, 0.15) is 0 Å². The number of halogens is 1. The first kappa shape index (κ1) is 13.6. The van der Waals surface area contributed by atoms with Crippen molar-refractivity contribution in [3.63, 3.8) is 0 Å². The maximum atomic E-state index is 11.8. The van der Waals surface area contributed by atoms with Crippen LogP contribution in [0.4, 0.5) is 5.95 Å². The summed E-state index contributed by atoms with van der Waals surface area (Å²) in [6.45, 7) is 0.288. The van der Waals surface area contributed by atoms with Crippen LogP contribution < -0.4 is 10.0 Å². The summed E-state index contributed by atoms with van der Waals surface area (Å²) >= 11 is 2.06. The van der Waals surface area contributed by atoms with Gasteiger partial charge in [-0.25, -0.2) is 23.5 Å². The summed E-state index contributed by atoms with van der Waals surface area (Å²) < 4.78 is 22.9. The lowest BCUT2D eigenvalue weighted by molar-refractivity contribution is -0.117. The van der Waals surface area contributed by atoms with Crippen LogP contribution >= 0.6 is 22.6 Å². The van der Waals surface area contributed by atoms with Crippen molar-refractivity contribution >= 4 is 44.5 Å². The minimum atomic E-state index is -3.56. The van der Waals surface area contributed by atoms with Crippen molar-refractivity contribution in [1.29, 1.82) is 0 Å². The van der Waals surface area contributed by atoms with Crippen LogP contribution in [0.1, 0.15) is 6.42 Å². The molecular weight excluding hydrogens is 371 g/mol. The minimum Gasteiger partial charge on any atom is -0.280 e. The van der Waals surface area contributed by atoms with Gasteiger partial charge in [-0.2, -0.15) is 0 Å². The second kappa shape index (κ2) is 5.05. The number of hydrogen-bond acceptors (Lipinski definition) is 5. The number of carbonyl (C=O) groups is 1. The number of nitrogens with zero attached hydrogens (tertiary/aromatic N) is 3. The maximum Gasteiger partial charge on any atom is 0.232 e. The number of anilines is 1. The smallest absolute Gasteiger partial charge is 0.232 e. The van der Waals surface area contributed by atoms with E-state index in [1.54, 1.807) is 12.4 Å². The van der Waals surface area contributed by atoms with Gasteiger partial charge in [-0.15, -0.1) is 0 Å². The Kier molecular flexibility index (Phi) is 3.82. The zero-order chi connectivity index (χ0) is 13.3. The van der Waals surface area contributed by atoms with E-state index in [0.29, 0.717) is 5.95 Å². The van der Waals surface area contributed by atoms with Crippen LogP contribution in [0.25, 0.3) is 0 Å². The highest BCUT2D eigenvalue weighted by Gasteiger charge is 2.34. The molecule has 1 aliphatic rings. The van der Waals surface area contributed by atoms with E-state index >= 15 is 0 Å². The zero-order valence-corrected chi connectivity index (χ0v) is 12.3. The van der Waals surface area contributed by atoms with Crippen molar-refractivity contribution in [2.75, 3.05) is 17.2 Å². The molecule has 0 spiro atoms. The van der Waals surface area contributed by atoms with Crippen molar-refractivity contribution in [1.82, 2.24) is 9.97 Å². The molecule has 2 heterocycles. The molecule has 98 valence electrons. The van der Waals surface area contributed by atoms with Crippen LogP contribution in [0.5, 0.6) is 0 Å². The van der Waals surface area contributed by atoms with E-state index in [1.165, 1.54) is 4.90 Å². The molecular formula is C9H11IN4O3S. The summed E-state index contributed by atoms with van der Waals surface area (Å²) in [4.78, 5) is 21.3. The highest BCUT2D eigenvalue weighted by molar-refractivity contribution is 14.1. The SMILES string of the molecule is NS(=O)(=O)CC1CC(=O)N(c2ncc(I)cn2)C1. The third-order valence-corrected chi connectivity index (χ3v) is 4.01.